The van der Waals surface area contributed by atoms with Gasteiger partial charge in [-0.3, -0.25) is 0 Å². The van der Waals surface area contributed by atoms with E-state index < -0.39 is 5.97 Å². The second-order valence-electron chi connectivity index (χ2n) is 3.54. The fourth-order valence-corrected chi connectivity index (χ4v) is 2.05. The van der Waals surface area contributed by atoms with E-state index in [1.165, 1.54) is 11.3 Å². The maximum absolute atomic E-state index is 10.8. The SMILES string of the molecule is CC(C)C(C)c1ccsc1C(=O)O. The van der Waals surface area contributed by atoms with Crippen molar-refractivity contribution >= 4 is 17.3 Å². The lowest BCUT2D eigenvalue weighted by Gasteiger charge is -2.14. The van der Waals surface area contributed by atoms with Crippen LogP contribution >= 0.6 is 11.3 Å². The van der Waals surface area contributed by atoms with E-state index in [-0.39, 0.29) is 0 Å². The highest BCUT2D eigenvalue weighted by Gasteiger charge is 2.18. The van der Waals surface area contributed by atoms with Gasteiger partial charge in [0.25, 0.3) is 0 Å². The van der Waals surface area contributed by atoms with Gasteiger partial charge in [0, 0.05) is 0 Å². The molecule has 1 aromatic rings. The second kappa shape index (κ2) is 3.92. The van der Waals surface area contributed by atoms with Gasteiger partial charge in [0.15, 0.2) is 0 Å². The summed E-state index contributed by atoms with van der Waals surface area (Å²) in [6.07, 6.45) is 0. The van der Waals surface area contributed by atoms with E-state index in [0.717, 1.165) is 5.56 Å². The molecule has 1 rings (SSSR count). The van der Waals surface area contributed by atoms with E-state index in [1.807, 2.05) is 11.4 Å². The minimum absolute atomic E-state index is 0.317. The van der Waals surface area contributed by atoms with Crippen LogP contribution in [0.15, 0.2) is 11.4 Å². The number of hydrogen-bond donors (Lipinski definition) is 1. The van der Waals surface area contributed by atoms with Gasteiger partial charge < -0.3 is 5.11 Å². The zero-order chi connectivity index (χ0) is 10.0. The van der Waals surface area contributed by atoms with Gasteiger partial charge in [0.1, 0.15) is 4.88 Å². The fraction of sp³-hybridized carbons (Fsp3) is 0.500. The number of carboxylic acids is 1. The second-order valence-corrected chi connectivity index (χ2v) is 4.46. The third-order valence-corrected chi connectivity index (χ3v) is 3.30. The van der Waals surface area contributed by atoms with Crippen molar-refractivity contribution in [3.05, 3.63) is 21.9 Å². The molecule has 0 saturated heterocycles. The predicted octanol–water partition coefficient (Wildman–Crippen LogP) is 3.21. The van der Waals surface area contributed by atoms with Crippen LogP contribution < -0.4 is 0 Å². The van der Waals surface area contributed by atoms with Crippen molar-refractivity contribution in [3.63, 3.8) is 0 Å². The first-order chi connectivity index (χ1) is 6.04. The molecule has 1 heterocycles. The van der Waals surface area contributed by atoms with Crippen molar-refractivity contribution in [2.75, 3.05) is 0 Å². The highest BCUT2D eigenvalue weighted by atomic mass is 32.1. The summed E-state index contributed by atoms with van der Waals surface area (Å²) in [5, 5.41) is 10.7. The van der Waals surface area contributed by atoms with E-state index in [2.05, 4.69) is 20.8 Å². The molecule has 1 unspecified atom stereocenters. The van der Waals surface area contributed by atoms with Gasteiger partial charge in [-0.2, -0.15) is 0 Å². The van der Waals surface area contributed by atoms with Gasteiger partial charge in [-0.05, 0) is 28.8 Å². The van der Waals surface area contributed by atoms with Crippen molar-refractivity contribution in [1.29, 1.82) is 0 Å². The molecule has 0 spiro atoms. The van der Waals surface area contributed by atoms with Crippen LogP contribution in [0.3, 0.4) is 0 Å². The standard InChI is InChI=1S/C10H14O2S/c1-6(2)7(3)8-4-5-13-9(8)10(11)12/h4-7H,1-3H3,(H,11,12). The molecule has 0 fully saturated rings. The van der Waals surface area contributed by atoms with Crippen LogP contribution in [0.1, 0.15) is 41.9 Å². The minimum Gasteiger partial charge on any atom is -0.477 e. The van der Waals surface area contributed by atoms with Crippen LogP contribution in [0.4, 0.5) is 0 Å². The number of aromatic carboxylic acids is 1. The normalized spacial score (nSPS) is 13.2. The van der Waals surface area contributed by atoms with Crippen molar-refractivity contribution in [1.82, 2.24) is 0 Å². The average Bonchev–Trinajstić information content (AvgIpc) is 2.50. The fourth-order valence-electron chi connectivity index (χ4n) is 1.21. The molecular formula is C10H14O2S. The molecule has 0 bridgehead atoms. The van der Waals surface area contributed by atoms with Crippen LogP contribution in [0, 0.1) is 5.92 Å². The summed E-state index contributed by atoms with van der Waals surface area (Å²) in [5.74, 6) is -0.0115. The summed E-state index contributed by atoms with van der Waals surface area (Å²) >= 11 is 1.30. The Morgan fingerprint density at radius 1 is 1.46 bits per heavy atom. The Morgan fingerprint density at radius 3 is 2.54 bits per heavy atom. The summed E-state index contributed by atoms with van der Waals surface area (Å²) in [6, 6.07) is 1.92. The van der Waals surface area contributed by atoms with Gasteiger partial charge in [-0.25, -0.2) is 4.79 Å². The predicted molar refractivity (Wildman–Crippen MR) is 54.5 cm³/mol. The molecule has 0 aliphatic carbocycles. The molecule has 2 nitrogen and oxygen atoms in total. The van der Waals surface area contributed by atoms with E-state index in [1.54, 1.807) is 0 Å². The number of carbonyl (C=O) groups is 1. The first-order valence-corrected chi connectivity index (χ1v) is 5.22. The van der Waals surface area contributed by atoms with E-state index in [0.29, 0.717) is 16.7 Å². The van der Waals surface area contributed by atoms with Gasteiger partial charge in [0.05, 0.1) is 0 Å². The Kier molecular flexibility index (Phi) is 3.09. The molecule has 1 atom stereocenters. The molecule has 13 heavy (non-hydrogen) atoms. The molecule has 0 saturated carbocycles. The Balaban J connectivity index is 3.00. The maximum atomic E-state index is 10.8. The summed E-state index contributed by atoms with van der Waals surface area (Å²) in [5.41, 5.74) is 0.965. The topological polar surface area (TPSA) is 37.3 Å². The molecule has 1 N–H and O–H groups in total. The molecule has 72 valence electrons. The highest BCUT2D eigenvalue weighted by Crippen LogP contribution is 2.29. The van der Waals surface area contributed by atoms with Crippen LogP contribution in [-0.2, 0) is 0 Å². The molecular weight excluding hydrogens is 184 g/mol. The van der Waals surface area contributed by atoms with Gasteiger partial charge in [-0.15, -0.1) is 11.3 Å². The lowest BCUT2D eigenvalue weighted by atomic mass is 9.91. The maximum Gasteiger partial charge on any atom is 0.346 e. The number of thiophene rings is 1. The summed E-state index contributed by atoms with van der Waals surface area (Å²) in [7, 11) is 0. The largest absolute Gasteiger partial charge is 0.477 e. The van der Waals surface area contributed by atoms with Crippen LogP contribution in [-0.4, -0.2) is 11.1 Å². The lowest BCUT2D eigenvalue weighted by molar-refractivity contribution is 0.0700. The molecule has 0 radical (unpaired) electrons. The highest BCUT2D eigenvalue weighted by molar-refractivity contribution is 7.12. The minimum atomic E-state index is -0.808. The molecule has 3 heteroatoms. The Labute approximate surface area is 82.2 Å². The third-order valence-electron chi connectivity index (χ3n) is 2.38. The smallest absolute Gasteiger partial charge is 0.346 e. The zero-order valence-corrected chi connectivity index (χ0v) is 8.89. The molecule has 0 amide bonds. The number of carboxylic acid groups (broad SMARTS) is 1. The van der Waals surface area contributed by atoms with Crippen molar-refractivity contribution in [2.45, 2.75) is 26.7 Å². The van der Waals surface area contributed by atoms with Crippen molar-refractivity contribution in [2.24, 2.45) is 5.92 Å². The Morgan fingerprint density at radius 2 is 2.08 bits per heavy atom. The first-order valence-electron chi connectivity index (χ1n) is 4.34. The quantitative estimate of drug-likeness (QED) is 0.809. The van der Waals surface area contributed by atoms with Gasteiger partial charge in [0.2, 0.25) is 0 Å². The van der Waals surface area contributed by atoms with E-state index in [9.17, 15) is 4.79 Å². The van der Waals surface area contributed by atoms with E-state index in [4.69, 9.17) is 5.11 Å². The average molecular weight is 198 g/mol. The van der Waals surface area contributed by atoms with E-state index >= 15 is 0 Å². The Bertz CT molecular complexity index is 302. The molecule has 0 aromatic carbocycles. The lowest BCUT2D eigenvalue weighted by Crippen LogP contribution is -2.06. The molecule has 0 aliphatic heterocycles. The monoisotopic (exact) mass is 198 g/mol. The van der Waals surface area contributed by atoms with Gasteiger partial charge >= 0.3 is 5.97 Å². The Hall–Kier alpha value is -0.830. The zero-order valence-electron chi connectivity index (χ0n) is 8.07. The van der Waals surface area contributed by atoms with Crippen molar-refractivity contribution < 1.29 is 9.90 Å². The van der Waals surface area contributed by atoms with Gasteiger partial charge in [-0.1, -0.05) is 20.8 Å². The number of rotatable bonds is 3. The molecule has 1 aromatic heterocycles. The molecule has 0 aliphatic rings. The van der Waals surface area contributed by atoms with Crippen LogP contribution in [0.25, 0.3) is 0 Å². The van der Waals surface area contributed by atoms with Crippen LogP contribution in [0.5, 0.6) is 0 Å². The summed E-state index contributed by atoms with van der Waals surface area (Å²) < 4.78 is 0. The van der Waals surface area contributed by atoms with Crippen molar-refractivity contribution in [3.8, 4) is 0 Å². The number of hydrogen-bond acceptors (Lipinski definition) is 2. The summed E-state index contributed by atoms with van der Waals surface area (Å²) in [6.45, 7) is 6.28. The van der Waals surface area contributed by atoms with Crippen LogP contribution in [0.2, 0.25) is 0 Å². The first kappa shape index (κ1) is 10.3. The summed E-state index contributed by atoms with van der Waals surface area (Å²) in [4.78, 5) is 11.3. The third kappa shape index (κ3) is 2.10.